The van der Waals surface area contributed by atoms with Crippen LogP contribution in [0.15, 0.2) is 192 Å². The highest BCUT2D eigenvalue weighted by Gasteiger charge is 2.25. The molecular weight excluding hydrogens is 699 g/mol. The first-order valence-electron chi connectivity index (χ1n) is 32.1. The number of para-hydroxylation sites is 3. The zero-order valence-electron chi connectivity index (χ0n) is 59.1. The van der Waals surface area contributed by atoms with Crippen LogP contribution in [0.5, 0.6) is 0 Å². The number of furan rings is 1. The molecule has 0 spiro atoms. The normalized spacial score (nSPS) is 19.5. The van der Waals surface area contributed by atoms with Gasteiger partial charge in [0, 0.05) is 43.4 Å². The molecule has 0 fully saturated rings. The van der Waals surface area contributed by atoms with E-state index in [0.29, 0.717) is 0 Å². The second-order valence-electron chi connectivity index (χ2n) is 12.1. The SMILES string of the molecule is [2H]c1c([2H])c([2H])c(-c2nc(-c3c([2H])c([2H])c([2H])c([2H])c3[2H])nc(-n3c4c([2H])c([2H])c([2H])c([2H])c4c4c([2H])c([2H])c5c6c([2H])c([2H])c([2H])c([2H])c6n(-c6c([2H])c([2H])c([2H])c7c6oc6c([2H])c([2H])c([2H])c(-c8c([2H])c([2H])c([2H])c([2H])c8[2H])c67)c5c43)n2)c([2H])c1[2H]. The number of hydrogen-bond acceptors (Lipinski definition) is 4. The Morgan fingerprint density at radius 3 is 1.54 bits per heavy atom. The summed E-state index contributed by atoms with van der Waals surface area (Å²) in [7, 11) is 0. The van der Waals surface area contributed by atoms with E-state index in [0.717, 1.165) is 9.13 Å². The molecule has 6 nitrogen and oxygen atoms in total. The summed E-state index contributed by atoms with van der Waals surface area (Å²) >= 11 is 0. The van der Waals surface area contributed by atoms with Crippen LogP contribution in [-0.4, -0.2) is 24.1 Å². The van der Waals surface area contributed by atoms with Crippen molar-refractivity contribution >= 4 is 65.6 Å². The third kappa shape index (κ3) is 4.74. The number of aromatic nitrogens is 5. The van der Waals surface area contributed by atoms with E-state index in [1.807, 2.05) is 0 Å². The van der Waals surface area contributed by atoms with Gasteiger partial charge >= 0.3 is 0 Å². The molecular formula is C51H31N5O. The molecule has 0 N–H and O–H groups in total. The third-order valence-electron chi connectivity index (χ3n) is 9.09. The smallest absolute Gasteiger partial charge is 0.238 e. The van der Waals surface area contributed by atoms with Crippen molar-refractivity contribution in [2.24, 2.45) is 0 Å². The van der Waals surface area contributed by atoms with Crippen LogP contribution in [0.4, 0.5) is 0 Å². The average molecular weight is 761 g/mol. The largest absolute Gasteiger partial charge is 0.454 e. The zero-order chi connectivity index (χ0) is 64.4. The molecule has 0 saturated carbocycles. The molecule has 0 saturated heterocycles. The zero-order valence-corrected chi connectivity index (χ0v) is 28.1. The van der Waals surface area contributed by atoms with Crippen LogP contribution in [-0.2, 0) is 0 Å². The van der Waals surface area contributed by atoms with Crippen LogP contribution in [0.1, 0.15) is 42.5 Å². The Bertz CT molecular complexity index is 5190. The van der Waals surface area contributed by atoms with Crippen LogP contribution < -0.4 is 0 Å². The van der Waals surface area contributed by atoms with Gasteiger partial charge in [0.1, 0.15) is 5.58 Å². The Kier molecular flexibility index (Phi) is 2.97. The quantitative estimate of drug-likeness (QED) is 0.175. The first-order valence-corrected chi connectivity index (χ1v) is 16.6. The van der Waals surface area contributed by atoms with E-state index in [9.17, 15) is 13.7 Å². The Labute approximate surface area is 370 Å². The van der Waals surface area contributed by atoms with Gasteiger partial charge in [0.15, 0.2) is 17.2 Å². The summed E-state index contributed by atoms with van der Waals surface area (Å²) in [4.78, 5) is 13.4. The molecule has 0 atom stereocenters. The number of nitrogens with zero attached hydrogens (tertiary/aromatic N) is 5. The summed E-state index contributed by atoms with van der Waals surface area (Å²) < 4.78 is 288. The standard InChI is InChI=1S/C51H31N5O/c1-4-16-32(17-5-1)35-24-15-29-44-45(35)40-25-14-28-43(48(40)57-44)55-41-26-12-10-22-36(41)38-30-31-39-37-23-11-13-27-42(37)56(47(39)46(38)55)51-53-49(33-18-6-2-7-19-33)52-50(54-51)34-20-8-3-9-21-34/h1-31H/i1D,2D,3D,4D,5D,6D,7D,8D,9D,10D,11D,12D,13D,14D,15D,16D,17D,18D,19D,20D,21D,22D,23D,24D,25D,26D,27D,28D,29D,30D,31D. The number of rotatable bonds is 5. The van der Waals surface area contributed by atoms with Crippen LogP contribution in [0, 0.1) is 0 Å². The highest BCUT2D eigenvalue weighted by atomic mass is 16.3. The lowest BCUT2D eigenvalue weighted by molar-refractivity contribution is 0.666. The minimum Gasteiger partial charge on any atom is -0.454 e. The topological polar surface area (TPSA) is 61.7 Å². The molecule has 57 heavy (non-hydrogen) atoms. The maximum absolute atomic E-state index is 9.84. The molecule has 0 unspecified atom stereocenters. The lowest BCUT2D eigenvalue weighted by Gasteiger charge is -2.13. The Balaban J connectivity index is 1.42. The number of fused-ring (bicyclic) bond motifs is 10. The van der Waals surface area contributed by atoms with E-state index in [1.54, 1.807) is 0 Å². The molecule has 0 aliphatic carbocycles. The van der Waals surface area contributed by atoms with E-state index >= 15 is 0 Å². The second kappa shape index (κ2) is 12.3. The number of benzene rings is 8. The third-order valence-corrected chi connectivity index (χ3v) is 9.09. The molecule has 4 heterocycles. The van der Waals surface area contributed by atoms with Gasteiger partial charge in [-0.25, -0.2) is 4.98 Å². The van der Waals surface area contributed by atoms with Crippen LogP contribution >= 0.6 is 0 Å². The van der Waals surface area contributed by atoms with E-state index < -0.39 is 298 Å². The highest BCUT2D eigenvalue weighted by Crippen LogP contribution is 2.44. The predicted octanol–water partition coefficient (Wildman–Crippen LogP) is 13.0. The summed E-state index contributed by atoms with van der Waals surface area (Å²) in [5.74, 6) is -2.80. The van der Waals surface area contributed by atoms with Crippen molar-refractivity contribution in [3.05, 3.63) is 187 Å². The van der Waals surface area contributed by atoms with Crippen molar-refractivity contribution in [3.8, 4) is 45.5 Å². The summed E-state index contributed by atoms with van der Waals surface area (Å²) in [5.41, 5.74) is -8.28. The summed E-state index contributed by atoms with van der Waals surface area (Å²) in [6.45, 7) is 0. The van der Waals surface area contributed by atoms with Gasteiger partial charge in [0.25, 0.3) is 0 Å². The molecule has 0 radical (unpaired) electrons. The number of hydrogen-bond donors (Lipinski definition) is 0. The lowest BCUT2D eigenvalue weighted by atomic mass is 9.99. The fourth-order valence-electron chi connectivity index (χ4n) is 6.83. The van der Waals surface area contributed by atoms with Crippen molar-refractivity contribution < 1.29 is 46.9 Å². The van der Waals surface area contributed by atoms with Crippen LogP contribution in [0.3, 0.4) is 0 Å². The highest BCUT2D eigenvalue weighted by molar-refractivity contribution is 6.24. The van der Waals surface area contributed by atoms with Gasteiger partial charge in [-0.2, -0.15) is 9.97 Å². The van der Waals surface area contributed by atoms with Crippen molar-refractivity contribution in [1.29, 1.82) is 0 Å². The summed E-state index contributed by atoms with van der Waals surface area (Å²) in [6, 6.07) is -29.6. The molecule has 266 valence electrons. The fraction of sp³-hybridized carbons (Fsp3) is 0. The van der Waals surface area contributed by atoms with Crippen molar-refractivity contribution in [3.63, 3.8) is 0 Å². The monoisotopic (exact) mass is 760 g/mol. The minimum atomic E-state index is -1.07. The van der Waals surface area contributed by atoms with Gasteiger partial charge in [0.05, 0.1) is 70.2 Å². The van der Waals surface area contributed by atoms with E-state index in [-0.39, 0.29) is 0 Å². The summed E-state index contributed by atoms with van der Waals surface area (Å²) in [6.07, 6.45) is 0. The molecule has 0 aliphatic rings. The van der Waals surface area contributed by atoms with Gasteiger partial charge in [-0.05, 0) is 35.3 Å². The minimum absolute atomic E-state index is 0.593. The molecule has 8 aromatic carbocycles. The van der Waals surface area contributed by atoms with Crippen LogP contribution in [0.25, 0.3) is 111 Å². The van der Waals surface area contributed by atoms with Crippen molar-refractivity contribution in [1.82, 2.24) is 24.1 Å². The van der Waals surface area contributed by atoms with Crippen LogP contribution in [0.2, 0.25) is 0 Å². The molecule has 4 aromatic heterocycles. The second-order valence-corrected chi connectivity index (χ2v) is 12.1. The van der Waals surface area contributed by atoms with Crippen molar-refractivity contribution in [2.75, 3.05) is 0 Å². The molecule has 0 aliphatic heterocycles. The fourth-order valence-corrected chi connectivity index (χ4v) is 6.83. The maximum Gasteiger partial charge on any atom is 0.238 e. The molecule has 12 rings (SSSR count). The average Bonchev–Trinajstić information content (AvgIpc) is 1.53. The predicted molar refractivity (Wildman–Crippen MR) is 232 cm³/mol. The molecule has 12 aromatic rings. The van der Waals surface area contributed by atoms with Crippen molar-refractivity contribution in [2.45, 2.75) is 0 Å². The first-order chi connectivity index (χ1) is 41.2. The summed E-state index contributed by atoms with van der Waals surface area (Å²) in [5, 5.41) is -3.83. The maximum atomic E-state index is 9.84. The van der Waals surface area contributed by atoms with Gasteiger partial charge in [-0.15, -0.1) is 0 Å². The molecule has 0 amide bonds. The van der Waals surface area contributed by atoms with Gasteiger partial charge in [-0.3, -0.25) is 4.57 Å². The van der Waals surface area contributed by atoms with E-state index in [1.165, 1.54) is 0 Å². The lowest BCUT2D eigenvalue weighted by Crippen LogP contribution is -2.07. The Morgan fingerprint density at radius 1 is 0.404 bits per heavy atom. The van der Waals surface area contributed by atoms with Gasteiger partial charge in [0.2, 0.25) is 5.95 Å². The van der Waals surface area contributed by atoms with Gasteiger partial charge in [-0.1, -0.05) is 163 Å². The van der Waals surface area contributed by atoms with E-state index in [4.69, 9.17) is 33.2 Å². The molecule has 6 heteroatoms. The first kappa shape index (κ1) is 13.7. The Hall–Kier alpha value is -7.83. The molecule has 0 bridgehead atoms. The Morgan fingerprint density at radius 2 is 0.912 bits per heavy atom. The van der Waals surface area contributed by atoms with E-state index in [2.05, 4.69) is 15.0 Å². The van der Waals surface area contributed by atoms with Gasteiger partial charge < -0.3 is 8.98 Å².